The second-order valence-corrected chi connectivity index (χ2v) is 4.79. The number of carbonyl (C=O) groups excluding carboxylic acids is 1. The molecule has 0 saturated carbocycles. The Bertz CT molecular complexity index is 691. The minimum absolute atomic E-state index is 0.0894. The number of hydrogen-bond acceptors (Lipinski definition) is 4. The lowest BCUT2D eigenvalue weighted by atomic mass is 9.97. The number of carboxylic acid groups (broad SMARTS) is 1. The van der Waals surface area contributed by atoms with Crippen molar-refractivity contribution in [3.05, 3.63) is 52.7 Å². The largest absolute Gasteiger partial charge is 0.479 e. The van der Waals surface area contributed by atoms with Gasteiger partial charge < -0.3 is 14.8 Å². The molecule has 110 valence electrons. The fraction of sp³-hybridized carbons (Fsp3) is 0.267. The third-order valence-electron chi connectivity index (χ3n) is 3.44. The van der Waals surface area contributed by atoms with Gasteiger partial charge in [-0.05, 0) is 37.5 Å². The molecule has 0 fully saturated rings. The third kappa shape index (κ3) is 2.94. The van der Waals surface area contributed by atoms with E-state index in [4.69, 9.17) is 4.42 Å². The molecule has 2 aromatic rings. The Balaban J connectivity index is 2.33. The number of hydrogen-bond donors (Lipinski definition) is 2. The fourth-order valence-corrected chi connectivity index (χ4v) is 2.08. The van der Waals surface area contributed by atoms with E-state index in [0.29, 0.717) is 11.3 Å². The van der Waals surface area contributed by atoms with E-state index < -0.39 is 17.9 Å². The summed E-state index contributed by atoms with van der Waals surface area (Å²) in [6, 6.07) is 4.22. The third-order valence-corrected chi connectivity index (χ3v) is 3.44. The molecule has 0 aliphatic carbocycles. The van der Waals surface area contributed by atoms with Crippen LogP contribution in [0.25, 0.3) is 0 Å². The Kier molecular flexibility index (Phi) is 4.07. The Hall–Kier alpha value is -2.63. The fourth-order valence-electron chi connectivity index (χ4n) is 2.08. The summed E-state index contributed by atoms with van der Waals surface area (Å²) < 4.78 is 4.96. The van der Waals surface area contributed by atoms with Crippen molar-refractivity contribution in [2.75, 3.05) is 0 Å². The van der Waals surface area contributed by atoms with E-state index in [0.717, 1.165) is 17.5 Å². The second kappa shape index (κ2) is 5.78. The Morgan fingerprint density at radius 3 is 2.57 bits per heavy atom. The Labute approximate surface area is 121 Å². The minimum atomic E-state index is -1.13. The summed E-state index contributed by atoms with van der Waals surface area (Å²) in [4.78, 5) is 27.4. The zero-order valence-electron chi connectivity index (χ0n) is 12.0. The van der Waals surface area contributed by atoms with Crippen LogP contribution in [0.4, 0.5) is 0 Å². The molecule has 0 bridgehead atoms. The van der Waals surface area contributed by atoms with E-state index >= 15 is 0 Å². The quantitative estimate of drug-likeness (QED) is 0.899. The maximum atomic E-state index is 12.1. The predicted molar refractivity (Wildman–Crippen MR) is 75.0 cm³/mol. The van der Waals surface area contributed by atoms with Gasteiger partial charge in [0.2, 0.25) is 0 Å². The molecule has 1 atom stereocenters. The standard InChI is InChI=1S/C15H16N2O4/c1-8-5-4-6-11(9(8)2)13(15(19)20)17-14(18)12-10(3)21-7-16-12/h4-7,13H,1-3H3,(H,17,18)(H,19,20)/t13-/m1/s1. The lowest BCUT2D eigenvalue weighted by Gasteiger charge is -2.17. The number of amides is 1. The molecule has 2 rings (SSSR count). The van der Waals surface area contributed by atoms with Gasteiger partial charge in [0.05, 0.1) is 0 Å². The highest BCUT2D eigenvalue weighted by Gasteiger charge is 2.26. The van der Waals surface area contributed by atoms with Crippen LogP contribution in [0.15, 0.2) is 29.0 Å². The summed E-state index contributed by atoms with van der Waals surface area (Å²) in [7, 11) is 0. The molecule has 0 aliphatic heterocycles. The molecular weight excluding hydrogens is 272 g/mol. The highest BCUT2D eigenvalue weighted by molar-refractivity contribution is 5.96. The molecular formula is C15H16N2O4. The molecule has 0 spiro atoms. The number of nitrogens with one attached hydrogen (secondary N) is 1. The number of aromatic nitrogens is 1. The molecule has 6 nitrogen and oxygen atoms in total. The van der Waals surface area contributed by atoms with Crippen LogP contribution in [0.1, 0.15) is 39.0 Å². The van der Waals surface area contributed by atoms with E-state index in [1.807, 2.05) is 19.9 Å². The molecule has 0 unspecified atom stereocenters. The van der Waals surface area contributed by atoms with Gasteiger partial charge in [0.1, 0.15) is 5.76 Å². The van der Waals surface area contributed by atoms with Crippen LogP contribution in [0.2, 0.25) is 0 Å². The van der Waals surface area contributed by atoms with Crippen LogP contribution in [0, 0.1) is 20.8 Å². The molecule has 2 N–H and O–H groups in total. The number of oxazole rings is 1. The highest BCUT2D eigenvalue weighted by Crippen LogP contribution is 2.21. The van der Waals surface area contributed by atoms with Crippen molar-refractivity contribution >= 4 is 11.9 Å². The van der Waals surface area contributed by atoms with E-state index in [-0.39, 0.29) is 5.69 Å². The first-order valence-electron chi connectivity index (χ1n) is 6.41. The van der Waals surface area contributed by atoms with Gasteiger partial charge >= 0.3 is 5.97 Å². The van der Waals surface area contributed by atoms with Crippen molar-refractivity contribution in [1.29, 1.82) is 0 Å². The molecule has 1 heterocycles. The van der Waals surface area contributed by atoms with E-state index in [2.05, 4.69) is 10.3 Å². The normalized spacial score (nSPS) is 12.0. The lowest BCUT2D eigenvalue weighted by Crippen LogP contribution is -2.34. The first-order chi connectivity index (χ1) is 9.91. The van der Waals surface area contributed by atoms with Gasteiger partial charge in [-0.3, -0.25) is 4.79 Å². The summed E-state index contributed by atoms with van der Waals surface area (Å²) in [5.74, 6) is -1.36. The molecule has 1 amide bonds. The molecule has 1 aromatic heterocycles. The van der Waals surface area contributed by atoms with Crippen molar-refractivity contribution in [2.45, 2.75) is 26.8 Å². The van der Waals surface area contributed by atoms with Crippen molar-refractivity contribution in [1.82, 2.24) is 10.3 Å². The molecule has 1 aromatic carbocycles. The molecule has 21 heavy (non-hydrogen) atoms. The topological polar surface area (TPSA) is 92.4 Å². The SMILES string of the molecule is Cc1cccc([C@@H](NC(=O)c2ncoc2C)C(=O)O)c1C. The number of benzene rings is 1. The number of aryl methyl sites for hydroxylation is 2. The number of aliphatic carboxylic acids is 1. The van der Waals surface area contributed by atoms with E-state index in [9.17, 15) is 14.7 Å². The molecule has 0 saturated heterocycles. The summed E-state index contributed by atoms with van der Waals surface area (Å²) in [5.41, 5.74) is 2.44. The van der Waals surface area contributed by atoms with Crippen LogP contribution in [0.3, 0.4) is 0 Å². The highest BCUT2D eigenvalue weighted by atomic mass is 16.4. The zero-order chi connectivity index (χ0) is 15.6. The first kappa shape index (κ1) is 14.8. The van der Waals surface area contributed by atoms with Crippen LogP contribution in [-0.2, 0) is 4.79 Å². The number of nitrogens with zero attached hydrogens (tertiary/aromatic N) is 1. The van der Waals surface area contributed by atoms with E-state index in [1.165, 1.54) is 0 Å². The monoisotopic (exact) mass is 288 g/mol. The van der Waals surface area contributed by atoms with Gasteiger partial charge in [0.25, 0.3) is 5.91 Å². The van der Waals surface area contributed by atoms with Crippen molar-refractivity contribution in [3.8, 4) is 0 Å². The van der Waals surface area contributed by atoms with Gasteiger partial charge in [-0.2, -0.15) is 0 Å². The lowest BCUT2D eigenvalue weighted by molar-refractivity contribution is -0.139. The van der Waals surface area contributed by atoms with Gasteiger partial charge in [-0.1, -0.05) is 18.2 Å². The maximum absolute atomic E-state index is 12.1. The second-order valence-electron chi connectivity index (χ2n) is 4.79. The maximum Gasteiger partial charge on any atom is 0.330 e. The smallest absolute Gasteiger partial charge is 0.330 e. The number of carboxylic acids is 1. The number of carbonyl (C=O) groups is 2. The van der Waals surface area contributed by atoms with Gasteiger partial charge in [-0.15, -0.1) is 0 Å². The van der Waals surface area contributed by atoms with Crippen LogP contribution in [0.5, 0.6) is 0 Å². The number of rotatable bonds is 4. The van der Waals surface area contributed by atoms with Crippen molar-refractivity contribution in [3.63, 3.8) is 0 Å². The van der Waals surface area contributed by atoms with Crippen LogP contribution in [-0.4, -0.2) is 22.0 Å². The predicted octanol–water partition coefficient (Wildman–Crippen LogP) is 2.16. The van der Waals surface area contributed by atoms with Gasteiger partial charge in [0, 0.05) is 0 Å². The molecule has 0 aliphatic rings. The minimum Gasteiger partial charge on any atom is -0.479 e. The summed E-state index contributed by atoms with van der Waals surface area (Å²) in [5, 5.41) is 11.9. The Morgan fingerprint density at radius 2 is 2.00 bits per heavy atom. The van der Waals surface area contributed by atoms with Crippen molar-refractivity contribution in [2.24, 2.45) is 0 Å². The van der Waals surface area contributed by atoms with Gasteiger partial charge in [0.15, 0.2) is 18.1 Å². The summed E-state index contributed by atoms with van der Waals surface area (Å²) in [6.45, 7) is 5.31. The zero-order valence-corrected chi connectivity index (χ0v) is 12.0. The molecule has 6 heteroatoms. The molecule has 0 radical (unpaired) electrons. The van der Waals surface area contributed by atoms with Crippen LogP contribution >= 0.6 is 0 Å². The Morgan fingerprint density at radius 1 is 1.29 bits per heavy atom. The van der Waals surface area contributed by atoms with E-state index in [1.54, 1.807) is 19.1 Å². The van der Waals surface area contributed by atoms with Crippen LogP contribution < -0.4 is 5.32 Å². The average molecular weight is 288 g/mol. The van der Waals surface area contributed by atoms with Crippen molar-refractivity contribution < 1.29 is 19.1 Å². The average Bonchev–Trinajstić information content (AvgIpc) is 2.85. The summed E-state index contributed by atoms with van der Waals surface area (Å²) >= 11 is 0. The first-order valence-corrected chi connectivity index (χ1v) is 6.41. The summed E-state index contributed by atoms with van der Waals surface area (Å²) in [6.07, 6.45) is 1.15. The van der Waals surface area contributed by atoms with Gasteiger partial charge in [-0.25, -0.2) is 9.78 Å².